The second-order valence-electron chi connectivity index (χ2n) is 6.95. The number of aromatic nitrogens is 1. The average Bonchev–Trinajstić information content (AvgIpc) is 3.12. The van der Waals surface area contributed by atoms with Crippen molar-refractivity contribution < 1.29 is 9.53 Å². The van der Waals surface area contributed by atoms with Gasteiger partial charge in [0.15, 0.2) is 5.75 Å². The smallest absolute Gasteiger partial charge is 0.267 e. The molecule has 0 radical (unpaired) electrons. The number of rotatable bonds is 5. The SMILES string of the molecule is CCCCOc1c(C(=O)N2CCSCC2)sc2c1c(=O)n(C)c1ccccc21. The molecule has 1 fully saturated rings. The molecular formula is C21H24N2O3S2. The third kappa shape index (κ3) is 3.31. The number of thioether (sulfide) groups is 1. The van der Waals surface area contributed by atoms with Gasteiger partial charge in [-0.2, -0.15) is 11.8 Å². The number of hydrogen-bond donors (Lipinski definition) is 0. The highest BCUT2D eigenvalue weighted by Crippen LogP contribution is 2.40. The van der Waals surface area contributed by atoms with Crippen molar-refractivity contribution in [2.75, 3.05) is 31.2 Å². The third-order valence-electron chi connectivity index (χ3n) is 5.13. The van der Waals surface area contributed by atoms with Crippen LogP contribution in [0.25, 0.3) is 21.0 Å². The lowest BCUT2D eigenvalue weighted by atomic mass is 10.1. The lowest BCUT2D eigenvalue weighted by Gasteiger charge is -2.26. The van der Waals surface area contributed by atoms with E-state index in [0.29, 0.717) is 22.6 Å². The monoisotopic (exact) mass is 416 g/mol. The predicted molar refractivity (Wildman–Crippen MR) is 118 cm³/mol. The van der Waals surface area contributed by atoms with E-state index in [2.05, 4.69) is 6.92 Å². The molecule has 0 aliphatic carbocycles. The van der Waals surface area contributed by atoms with Crippen LogP contribution < -0.4 is 10.3 Å². The Morgan fingerprint density at radius 1 is 1.21 bits per heavy atom. The van der Waals surface area contributed by atoms with Gasteiger partial charge in [-0.15, -0.1) is 11.3 Å². The Morgan fingerprint density at radius 3 is 2.71 bits per heavy atom. The fourth-order valence-corrected chi connectivity index (χ4v) is 5.68. The number of aryl methyl sites for hydroxylation is 1. The fourth-order valence-electron chi connectivity index (χ4n) is 3.54. The van der Waals surface area contributed by atoms with Crippen LogP contribution in [0, 0.1) is 0 Å². The molecule has 28 heavy (non-hydrogen) atoms. The van der Waals surface area contributed by atoms with E-state index >= 15 is 0 Å². The summed E-state index contributed by atoms with van der Waals surface area (Å²) in [5.41, 5.74) is 0.763. The number of benzene rings is 1. The number of nitrogens with zero attached hydrogens (tertiary/aromatic N) is 2. The molecule has 0 unspecified atom stereocenters. The molecule has 0 N–H and O–H groups in total. The Labute approximate surface area is 172 Å². The van der Waals surface area contributed by atoms with E-state index in [1.54, 1.807) is 11.6 Å². The number of hydrogen-bond acceptors (Lipinski definition) is 5. The number of carbonyl (C=O) groups excluding carboxylic acids is 1. The summed E-state index contributed by atoms with van der Waals surface area (Å²) in [5.74, 6) is 2.36. The largest absolute Gasteiger partial charge is 0.491 e. The molecule has 5 nitrogen and oxygen atoms in total. The lowest BCUT2D eigenvalue weighted by Crippen LogP contribution is -2.37. The quantitative estimate of drug-likeness (QED) is 0.587. The van der Waals surface area contributed by atoms with Gasteiger partial charge in [0.25, 0.3) is 11.5 Å². The summed E-state index contributed by atoms with van der Waals surface area (Å²) in [6.45, 7) is 4.09. The number of amides is 1. The fraction of sp³-hybridized carbons (Fsp3) is 0.429. The van der Waals surface area contributed by atoms with E-state index in [4.69, 9.17) is 4.74 Å². The summed E-state index contributed by atoms with van der Waals surface area (Å²) in [6.07, 6.45) is 1.88. The standard InChI is InChI=1S/C21H24N2O3S2/c1-3-4-11-26-17-16-18(14-7-5-6-8-15(14)22(2)20(16)24)28-19(17)21(25)23-9-12-27-13-10-23/h5-8H,3-4,9-13H2,1-2H3. The minimum atomic E-state index is -0.107. The highest BCUT2D eigenvalue weighted by molar-refractivity contribution is 7.99. The molecule has 0 saturated carbocycles. The molecule has 0 spiro atoms. The average molecular weight is 417 g/mol. The summed E-state index contributed by atoms with van der Waals surface area (Å²) < 4.78 is 8.57. The van der Waals surface area contributed by atoms with Gasteiger partial charge in [0.05, 0.1) is 16.8 Å². The zero-order valence-electron chi connectivity index (χ0n) is 16.2. The van der Waals surface area contributed by atoms with E-state index in [-0.39, 0.29) is 11.5 Å². The molecule has 7 heteroatoms. The third-order valence-corrected chi connectivity index (χ3v) is 7.26. The molecule has 1 saturated heterocycles. The summed E-state index contributed by atoms with van der Waals surface area (Å²) in [7, 11) is 1.78. The molecule has 0 bridgehead atoms. The van der Waals surface area contributed by atoms with Crippen molar-refractivity contribution in [1.29, 1.82) is 0 Å². The van der Waals surface area contributed by atoms with Gasteiger partial charge in [-0.1, -0.05) is 31.5 Å². The Bertz CT molecular complexity index is 1080. The molecule has 4 rings (SSSR count). The van der Waals surface area contributed by atoms with Crippen LogP contribution in [0.1, 0.15) is 29.4 Å². The second kappa shape index (κ2) is 8.17. The zero-order chi connectivity index (χ0) is 19.7. The number of thiophene rings is 1. The molecule has 1 aliphatic rings. The molecule has 2 aromatic heterocycles. The number of para-hydroxylation sites is 1. The maximum absolute atomic E-state index is 13.3. The van der Waals surface area contributed by atoms with Crippen molar-refractivity contribution >= 4 is 50.0 Å². The van der Waals surface area contributed by atoms with Gasteiger partial charge >= 0.3 is 0 Å². The Kier molecular flexibility index (Phi) is 5.64. The van der Waals surface area contributed by atoms with Gasteiger partial charge in [-0.05, 0) is 12.5 Å². The number of ether oxygens (including phenoxy) is 1. The molecule has 3 aromatic rings. The molecule has 0 atom stereocenters. The van der Waals surface area contributed by atoms with E-state index in [9.17, 15) is 9.59 Å². The van der Waals surface area contributed by atoms with E-state index in [0.717, 1.165) is 53.0 Å². The first-order valence-corrected chi connectivity index (χ1v) is 11.6. The molecule has 1 amide bonds. The van der Waals surface area contributed by atoms with Crippen LogP contribution in [0.3, 0.4) is 0 Å². The van der Waals surface area contributed by atoms with Crippen LogP contribution in [0.15, 0.2) is 29.1 Å². The van der Waals surface area contributed by atoms with E-state index in [1.807, 2.05) is 40.9 Å². The first kappa shape index (κ1) is 19.3. The van der Waals surface area contributed by atoms with E-state index in [1.165, 1.54) is 11.3 Å². The first-order valence-electron chi connectivity index (χ1n) is 9.67. The maximum atomic E-state index is 13.3. The second-order valence-corrected chi connectivity index (χ2v) is 9.20. The highest BCUT2D eigenvalue weighted by Gasteiger charge is 2.28. The molecule has 1 aliphatic heterocycles. The first-order chi connectivity index (χ1) is 13.6. The van der Waals surface area contributed by atoms with Crippen molar-refractivity contribution in [3.63, 3.8) is 0 Å². The van der Waals surface area contributed by atoms with Crippen LogP contribution in [-0.2, 0) is 7.05 Å². The van der Waals surface area contributed by atoms with Gasteiger partial charge in [-0.3, -0.25) is 9.59 Å². The Hall–Kier alpha value is -1.99. The normalized spacial score (nSPS) is 14.7. The van der Waals surface area contributed by atoms with E-state index < -0.39 is 0 Å². The van der Waals surface area contributed by atoms with Crippen molar-refractivity contribution in [3.05, 3.63) is 39.5 Å². The highest BCUT2D eigenvalue weighted by atomic mass is 32.2. The van der Waals surface area contributed by atoms with Crippen molar-refractivity contribution in [2.45, 2.75) is 19.8 Å². The minimum Gasteiger partial charge on any atom is -0.491 e. The van der Waals surface area contributed by atoms with Gasteiger partial charge in [0, 0.05) is 37.0 Å². The maximum Gasteiger partial charge on any atom is 0.267 e. The Balaban J connectivity index is 1.93. The topological polar surface area (TPSA) is 51.5 Å². The summed E-state index contributed by atoms with van der Waals surface area (Å²) in [5, 5.41) is 1.52. The van der Waals surface area contributed by atoms with Crippen LogP contribution in [0.2, 0.25) is 0 Å². The zero-order valence-corrected chi connectivity index (χ0v) is 17.8. The number of carbonyl (C=O) groups is 1. The number of fused-ring (bicyclic) bond motifs is 3. The summed E-state index contributed by atoms with van der Waals surface area (Å²) in [4.78, 5) is 28.9. The molecule has 1 aromatic carbocycles. The minimum absolute atomic E-state index is 0.0147. The van der Waals surface area contributed by atoms with Crippen molar-refractivity contribution in [3.8, 4) is 5.75 Å². The number of unbranched alkanes of at least 4 members (excludes halogenated alkanes) is 1. The van der Waals surface area contributed by atoms with Crippen LogP contribution >= 0.6 is 23.1 Å². The van der Waals surface area contributed by atoms with Gasteiger partial charge < -0.3 is 14.2 Å². The van der Waals surface area contributed by atoms with Crippen molar-refractivity contribution in [2.24, 2.45) is 7.05 Å². The van der Waals surface area contributed by atoms with Crippen molar-refractivity contribution in [1.82, 2.24) is 9.47 Å². The Morgan fingerprint density at radius 2 is 1.96 bits per heavy atom. The van der Waals surface area contributed by atoms with Gasteiger partial charge in [0.1, 0.15) is 10.3 Å². The van der Waals surface area contributed by atoms with Crippen LogP contribution in [-0.4, -0.2) is 46.6 Å². The molecule has 148 valence electrons. The molecular weight excluding hydrogens is 392 g/mol. The summed E-state index contributed by atoms with van der Waals surface area (Å²) in [6, 6.07) is 7.84. The van der Waals surface area contributed by atoms with Crippen LogP contribution in [0.4, 0.5) is 0 Å². The number of pyridine rings is 1. The predicted octanol–water partition coefficient (Wildman–Crippen LogP) is 4.12. The van der Waals surface area contributed by atoms with Gasteiger partial charge in [-0.25, -0.2) is 0 Å². The summed E-state index contributed by atoms with van der Waals surface area (Å²) >= 11 is 3.27. The molecule has 3 heterocycles. The van der Waals surface area contributed by atoms with Gasteiger partial charge in [0.2, 0.25) is 0 Å². The van der Waals surface area contributed by atoms with Crippen LogP contribution in [0.5, 0.6) is 5.75 Å². The lowest BCUT2D eigenvalue weighted by molar-refractivity contribution is 0.0773.